The van der Waals surface area contributed by atoms with E-state index in [1.807, 2.05) is 0 Å². The Labute approximate surface area is 60.2 Å². The van der Waals surface area contributed by atoms with Gasteiger partial charge in [0.25, 0.3) is 0 Å². The van der Waals surface area contributed by atoms with Crippen LogP contribution in [0.1, 0.15) is 12.8 Å². The number of nitrogens with one attached hydrogen (secondary N) is 1. The van der Waals surface area contributed by atoms with Crippen molar-refractivity contribution < 1.29 is 8.78 Å². The molecule has 0 heterocycles. The molecule has 1 N–H and O–H groups in total. The average Bonchev–Trinajstić information content (AvgIpc) is 1.66. The van der Waals surface area contributed by atoms with Crippen LogP contribution in [0.15, 0.2) is 0 Å². The van der Waals surface area contributed by atoms with Crippen LogP contribution in [0.2, 0.25) is 0 Å². The van der Waals surface area contributed by atoms with Crippen molar-refractivity contribution in [1.29, 1.82) is 0 Å². The van der Waals surface area contributed by atoms with Gasteiger partial charge in [0.05, 0.1) is 0 Å². The Kier molecular flexibility index (Phi) is 10.7. The van der Waals surface area contributed by atoms with E-state index in [1.165, 1.54) is 0 Å². The van der Waals surface area contributed by atoms with Crippen molar-refractivity contribution in [3.05, 3.63) is 0 Å². The number of halogens is 3. The molecule has 0 aromatic rings. The molecule has 0 aliphatic carbocycles. The summed E-state index contributed by atoms with van der Waals surface area (Å²) in [6.07, 6.45) is -1.56. The van der Waals surface area contributed by atoms with Crippen molar-refractivity contribution in [3.8, 4) is 0 Å². The number of rotatable bonds is 4. The maximum absolute atomic E-state index is 11.3. The molecule has 0 aliphatic heterocycles. The standard InChI is InChI=1S/C5H11F2N.ClH/c1-8-4-2-3-5(6)7;/h5,8H,2-4H2,1H3;1H. The van der Waals surface area contributed by atoms with Gasteiger partial charge >= 0.3 is 0 Å². The van der Waals surface area contributed by atoms with Crippen LogP contribution in [0.25, 0.3) is 0 Å². The summed E-state index contributed by atoms with van der Waals surface area (Å²) in [7, 11) is 1.76. The molecular weight excluding hydrogens is 148 g/mol. The second-order valence-electron chi connectivity index (χ2n) is 1.64. The van der Waals surface area contributed by atoms with Gasteiger partial charge in [-0.25, -0.2) is 8.78 Å². The highest BCUT2D eigenvalue weighted by molar-refractivity contribution is 5.85. The first-order valence-electron chi connectivity index (χ1n) is 2.70. The monoisotopic (exact) mass is 159 g/mol. The van der Waals surface area contributed by atoms with E-state index in [4.69, 9.17) is 0 Å². The maximum atomic E-state index is 11.3. The summed E-state index contributed by atoms with van der Waals surface area (Å²) in [4.78, 5) is 0. The lowest BCUT2D eigenvalue weighted by molar-refractivity contribution is 0.135. The van der Waals surface area contributed by atoms with Crippen LogP contribution in [0.5, 0.6) is 0 Å². The summed E-state index contributed by atoms with van der Waals surface area (Å²) in [5.74, 6) is 0. The molecule has 0 saturated heterocycles. The van der Waals surface area contributed by atoms with E-state index in [1.54, 1.807) is 7.05 Å². The van der Waals surface area contributed by atoms with Crippen LogP contribution in [0.3, 0.4) is 0 Å². The molecular formula is C5H12ClF2N. The van der Waals surface area contributed by atoms with Gasteiger partial charge in [-0.1, -0.05) is 0 Å². The second kappa shape index (κ2) is 8.11. The topological polar surface area (TPSA) is 12.0 Å². The summed E-state index contributed by atoms with van der Waals surface area (Å²) in [5.41, 5.74) is 0. The molecule has 0 rings (SSSR count). The van der Waals surface area contributed by atoms with E-state index in [0.29, 0.717) is 13.0 Å². The third-order valence-electron chi connectivity index (χ3n) is 0.849. The van der Waals surface area contributed by atoms with Crippen molar-refractivity contribution >= 4 is 12.4 Å². The molecule has 0 aromatic carbocycles. The molecule has 0 fully saturated rings. The van der Waals surface area contributed by atoms with Gasteiger partial charge in [0.15, 0.2) is 0 Å². The van der Waals surface area contributed by atoms with Gasteiger partial charge in [0.1, 0.15) is 0 Å². The van der Waals surface area contributed by atoms with Gasteiger partial charge < -0.3 is 5.32 Å². The highest BCUT2D eigenvalue weighted by Crippen LogP contribution is 2.00. The summed E-state index contributed by atoms with van der Waals surface area (Å²) >= 11 is 0. The predicted molar refractivity (Wildman–Crippen MR) is 36.4 cm³/mol. The fourth-order valence-corrected chi connectivity index (χ4v) is 0.433. The Balaban J connectivity index is 0. The molecule has 0 bridgehead atoms. The fraction of sp³-hybridized carbons (Fsp3) is 1.00. The summed E-state index contributed by atoms with van der Waals surface area (Å²) in [5, 5.41) is 2.79. The fourth-order valence-electron chi connectivity index (χ4n) is 0.433. The molecule has 0 aromatic heterocycles. The lowest BCUT2D eigenvalue weighted by atomic mass is 10.3. The Morgan fingerprint density at radius 1 is 1.44 bits per heavy atom. The third-order valence-corrected chi connectivity index (χ3v) is 0.849. The summed E-state index contributed by atoms with van der Waals surface area (Å²) < 4.78 is 22.7. The Morgan fingerprint density at radius 3 is 2.33 bits per heavy atom. The van der Waals surface area contributed by atoms with Crippen LogP contribution >= 0.6 is 12.4 Å². The normalized spacial score (nSPS) is 9.33. The predicted octanol–water partition coefficient (Wildman–Crippen LogP) is 1.67. The zero-order valence-electron chi connectivity index (χ0n) is 5.36. The van der Waals surface area contributed by atoms with E-state index in [0.717, 1.165) is 0 Å². The molecule has 4 heteroatoms. The smallest absolute Gasteiger partial charge is 0.238 e. The van der Waals surface area contributed by atoms with Crippen molar-refractivity contribution in [2.45, 2.75) is 19.3 Å². The van der Waals surface area contributed by atoms with Gasteiger partial charge in [-0.05, 0) is 20.0 Å². The Morgan fingerprint density at radius 2 is 2.00 bits per heavy atom. The largest absolute Gasteiger partial charge is 0.320 e. The Bertz CT molecular complexity index is 52.2. The van der Waals surface area contributed by atoms with Gasteiger partial charge in [-0.2, -0.15) is 0 Å². The SMILES string of the molecule is CNCCCC(F)F.Cl. The summed E-state index contributed by atoms with van der Waals surface area (Å²) in [6, 6.07) is 0. The van der Waals surface area contributed by atoms with E-state index < -0.39 is 6.43 Å². The minimum Gasteiger partial charge on any atom is -0.320 e. The lowest BCUT2D eigenvalue weighted by Crippen LogP contribution is -2.08. The third kappa shape index (κ3) is 11.6. The van der Waals surface area contributed by atoms with Gasteiger partial charge in [-0.3, -0.25) is 0 Å². The van der Waals surface area contributed by atoms with E-state index >= 15 is 0 Å². The minimum absolute atomic E-state index is 0. The zero-order valence-corrected chi connectivity index (χ0v) is 6.18. The number of hydrogen-bond donors (Lipinski definition) is 1. The van der Waals surface area contributed by atoms with E-state index in [9.17, 15) is 8.78 Å². The molecule has 9 heavy (non-hydrogen) atoms. The molecule has 0 spiro atoms. The molecule has 0 aliphatic rings. The first-order chi connectivity index (χ1) is 3.77. The molecule has 1 nitrogen and oxygen atoms in total. The van der Waals surface area contributed by atoms with E-state index in [-0.39, 0.29) is 18.8 Å². The van der Waals surface area contributed by atoms with Crippen molar-refractivity contribution in [3.63, 3.8) is 0 Å². The zero-order chi connectivity index (χ0) is 6.41. The maximum Gasteiger partial charge on any atom is 0.238 e. The number of hydrogen-bond acceptors (Lipinski definition) is 1. The minimum atomic E-state index is -2.14. The van der Waals surface area contributed by atoms with Crippen LogP contribution < -0.4 is 5.32 Å². The molecule has 58 valence electrons. The number of alkyl halides is 2. The highest BCUT2D eigenvalue weighted by Gasteiger charge is 1.98. The van der Waals surface area contributed by atoms with Gasteiger partial charge in [0.2, 0.25) is 6.43 Å². The molecule has 0 amide bonds. The van der Waals surface area contributed by atoms with E-state index in [2.05, 4.69) is 5.32 Å². The lowest BCUT2D eigenvalue weighted by Gasteiger charge is -1.96. The van der Waals surface area contributed by atoms with Crippen molar-refractivity contribution in [2.75, 3.05) is 13.6 Å². The molecule has 0 radical (unpaired) electrons. The first-order valence-corrected chi connectivity index (χ1v) is 2.70. The van der Waals surface area contributed by atoms with Gasteiger partial charge in [-0.15, -0.1) is 12.4 Å². The Hall–Kier alpha value is 0.110. The summed E-state index contributed by atoms with van der Waals surface area (Å²) in [6.45, 7) is 0.685. The first kappa shape index (κ1) is 11.9. The van der Waals surface area contributed by atoms with Gasteiger partial charge in [0, 0.05) is 6.42 Å². The van der Waals surface area contributed by atoms with Crippen LogP contribution in [0, 0.1) is 0 Å². The van der Waals surface area contributed by atoms with Crippen molar-refractivity contribution in [1.82, 2.24) is 5.32 Å². The average molecular weight is 160 g/mol. The second-order valence-corrected chi connectivity index (χ2v) is 1.64. The molecule has 0 atom stereocenters. The van der Waals surface area contributed by atoms with Crippen LogP contribution in [-0.4, -0.2) is 20.0 Å². The quantitative estimate of drug-likeness (QED) is 0.616. The van der Waals surface area contributed by atoms with Crippen molar-refractivity contribution in [2.24, 2.45) is 0 Å². The van der Waals surface area contributed by atoms with Crippen LogP contribution in [-0.2, 0) is 0 Å². The highest BCUT2D eigenvalue weighted by atomic mass is 35.5. The molecule has 0 saturated carbocycles. The van der Waals surface area contributed by atoms with Crippen LogP contribution in [0.4, 0.5) is 8.78 Å². The molecule has 0 unspecified atom stereocenters.